The predicted octanol–water partition coefficient (Wildman–Crippen LogP) is -0.388. The van der Waals surface area contributed by atoms with Crippen LogP contribution in [0.2, 0.25) is 0 Å². The van der Waals surface area contributed by atoms with Gasteiger partial charge in [-0.05, 0) is 12.2 Å². The van der Waals surface area contributed by atoms with Gasteiger partial charge in [0.25, 0.3) is 5.56 Å². The van der Waals surface area contributed by atoms with Crippen LogP contribution in [0.5, 0.6) is 5.88 Å². The van der Waals surface area contributed by atoms with Gasteiger partial charge >= 0.3 is 0 Å². The van der Waals surface area contributed by atoms with Crippen LogP contribution in [0, 0.1) is 4.77 Å². The van der Waals surface area contributed by atoms with Gasteiger partial charge in [-0.25, -0.2) is 4.68 Å². The highest BCUT2D eigenvalue weighted by atomic mass is 32.1. The van der Waals surface area contributed by atoms with Crippen LogP contribution in [0.15, 0.2) is 22.6 Å². The molecule has 82 valence electrons. The van der Waals surface area contributed by atoms with Gasteiger partial charge in [-0.15, -0.1) is 10.2 Å². The molecule has 16 heavy (non-hydrogen) atoms. The molecule has 0 radical (unpaired) electrons. The molecular formula is C7H6N6O2S. The Bertz CT molecular complexity index is 625. The molecule has 0 aliphatic carbocycles. The Hall–Kier alpha value is -2.29. The quantitative estimate of drug-likeness (QED) is 0.487. The van der Waals surface area contributed by atoms with Crippen LogP contribution >= 0.6 is 12.2 Å². The minimum Gasteiger partial charge on any atom is -0.494 e. The summed E-state index contributed by atoms with van der Waals surface area (Å²) in [5.41, 5.74) is -0.555. The van der Waals surface area contributed by atoms with Crippen molar-refractivity contribution in [3.63, 3.8) is 0 Å². The zero-order valence-electron chi connectivity index (χ0n) is 7.78. The SMILES string of the molecule is O=c1[nH]c(=S)[nH]c(O)c1C=Nn1cnnc1. The van der Waals surface area contributed by atoms with Crippen molar-refractivity contribution in [1.82, 2.24) is 24.8 Å². The van der Waals surface area contributed by atoms with Crippen molar-refractivity contribution in [2.24, 2.45) is 5.10 Å². The van der Waals surface area contributed by atoms with Crippen LogP contribution in [-0.4, -0.2) is 36.2 Å². The summed E-state index contributed by atoms with van der Waals surface area (Å²) in [5, 5.41) is 20.3. The molecule has 0 fully saturated rings. The molecule has 0 saturated carbocycles. The standard InChI is InChI=1S/C7H6N6O2S/c14-5-4(6(15)12-7(16)11-5)1-10-13-2-8-9-3-13/h1-3H,(H3,11,12,14,15,16). The van der Waals surface area contributed by atoms with Gasteiger partial charge in [0, 0.05) is 0 Å². The lowest BCUT2D eigenvalue weighted by Crippen LogP contribution is -2.13. The second-order valence-electron chi connectivity index (χ2n) is 2.76. The highest BCUT2D eigenvalue weighted by Crippen LogP contribution is 2.03. The van der Waals surface area contributed by atoms with Gasteiger partial charge in [-0.3, -0.25) is 9.78 Å². The molecule has 0 spiro atoms. The second kappa shape index (κ2) is 4.06. The van der Waals surface area contributed by atoms with E-state index in [1.165, 1.54) is 23.5 Å². The Kier molecular flexibility index (Phi) is 2.60. The molecule has 0 unspecified atom stereocenters. The number of hydrogen-bond donors (Lipinski definition) is 3. The molecule has 0 aromatic carbocycles. The van der Waals surface area contributed by atoms with E-state index >= 15 is 0 Å². The van der Waals surface area contributed by atoms with Gasteiger partial charge in [0.05, 0.1) is 6.21 Å². The van der Waals surface area contributed by atoms with Gasteiger partial charge in [0.1, 0.15) is 18.2 Å². The Morgan fingerprint density at radius 2 is 2.12 bits per heavy atom. The molecule has 0 atom stereocenters. The topological polar surface area (TPSA) is 112 Å². The fourth-order valence-electron chi connectivity index (χ4n) is 0.983. The summed E-state index contributed by atoms with van der Waals surface area (Å²) in [6.07, 6.45) is 3.85. The van der Waals surface area contributed by atoms with Gasteiger partial charge < -0.3 is 10.1 Å². The molecule has 0 bridgehead atoms. The minimum absolute atomic E-state index is 0.0256. The summed E-state index contributed by atoms with van der Waals surface area (Å²) >= 11 is 4.67. The molecule has 9 heteroatoms. The van der Waals surface area contributed by atoms with E-state index in [0.29, 0.717) is 0 Å². The minimum atomic E-state index is -0.530. The van der Waals surface area contributed by atoms with Crippen LogP contribution in [0.25, 0.3) is 0 Å². The number of aromatic amines is 2. The largest absolute Gasteiger partial charge is 0.494 e. The summed E-state index contributed by atoms with van der Waals surface area (Å²) in [5.74, 6) is -0.342. The second-order valence-corrected chi connectivity index (χ2v) is 3.17. The van der Waals surface area contributed by atoms with Crippen LogP contribution in [0.3, 0.4) is 0 Å². The number of nitrogens with one attached hydrogen (secondary N) is 2. The van der Waals surface area contributed by atoms with Gasteiger partial charge in [0.2, 0.25) is 5.88 Å². The summed E-state index contributed by atoms with van der Waals surface area (Å²) in [6, 6.07) is 0. The van der Waals surface area contributed by atoms with Crippen molar-refractivity contribution in [3.05, 3.63) is 33.3 Å². The fraction of sp³-hybridized carbons (Fsp3) is 0. The van der Waals surface area contributed by atoms with Crippen LogP contribution in [0.1, 0.15) is 5.56 Å². The lowest BCUT2D eigenvalue weighted by molar-refractivity contribution is 0.449. The first-order valence-electron chi connectivity index (χ1n) is 4.11. The summed E-state index contributed by atoms with van der Waals surface area (Å²) in [6.45, 7) is 0. The smallest absolute Gasteiger partial charge is 0.264 e. The van der Waals surface area contributed by atoms with Gasteiger partial charge in [-0.2, -0.15) is 5.10 Å². The molecule has 0 amide bonds. The normalized spacial score (nSPS) is 11.0. The summed E-state index contributed by atoms with van der Waals surface area (Å²) < 4.78 is 1.32. The Morgan fingerprint density at radius 1 is 1.44 bits per heavy atom. The van der Waals surface area contributed by atoms with Crippen molar-refractivity contribution >= 4 is 18.4 Å². The maximum atomic E-state index is 11.4. The van der Waals surface area contributed by atoms with Crippen LogP contribution in [-0.2, 0) is 0 Å². The van der Waals surface area contributed by atoms with Gasteiger partial charge in [0.15, 0.2) is 4.77 Å². The third kappa shape index (κ3) is 2.03. The molecule has 0 saturated heterocycles. The maximum Gasteiger partial charge on any atom is 0.264 e. The zero-order valence-corrected chi connectivity index (χ0v) is 8.60. The number of aromatic nitrogens is 5. The highest BCUT2D eigenvalue weighted by Gasteiger charge is 2.03. The third-order valence-corrected chi connectivity index (χ3v) is 1.89. The van der Waals surface area contributed by atoms with E-state index in [-0.39, 0.29) is 16.2 Å². The van der Waals surface area contributed by atoms with E-state index < -0.39 is 5.56 Å². The number of nitrogens with zero attached hydrogens (tertiary/aromatic N) is 4. The maximum absolute atomic E-state index is 11.4. The molecule has 2 aromatic rings. The van der Waals surface area contributed by atoms with Crippen molar-refractivity contribution in [2.45, 2.75) is 0 Å². The Morgan fingerprint density at radius 3 is 2.75 bits per heavy atom. The first-order chi connectivity index (χ1) is 7.66. The van der Waals surface area contributed by atoms with E-state index in [1.807, 2.05) is 0 Å². The Labute approximate surface area is 93.3 Å². The average molecular weight is 238 g/mol. The molecule has 2 aromatic heterocycles. The third-order valence-electron chi connectivity index (χ3n) is 1.69. The van der Waals surface area contributed by atoms with Crippen LogP contribution in [0.4, 0.5) is 0 Å². The van der Waals surface area contributed by atoms with Crippen molar-refractivity contribution in [1.29, 1.82) is 0 Å². The fourth-order valence-corrected chi connectivity index (χ4v) is 1.17. The zero-order chi connectivity index (χ0) is 11.5. The molecule has 8 nitrogen and oxygen atoms in total. The monoisotopic (exact) mass is 238 g/mol. The predicted molar refractivity (Wildman–Crippen MR) is 56.9 cm³/mol. The molecule has 2 heterocycles. The summed E-state index contributed by atoms with van der Waals surface area (Å²) in [7, 11) is 0. The molecule has 0 aliphatic heterocycles. The first kappa shape index (κ1) is 10.2. The molecule has 0 aliphatic rings. The number of rotatable bonds is 2. The number of hydrogen-bond acceptors (Lipinski definition) is 6. The van der Waals surface area contributed by atoms with Crippen molar-refractivity contribution in [3.8, 4) is 5.88 Å². The summed E-state index contributed by atoms with van der Waals surface area (Å²) in [4.78, 5) is 16.1. The number of aromatic hydroxyl groups is 1. The first-order valence-corrected chi connectivity index (χ1v) is 4.52. The lowest BCUT2D eigenvalue weighted by Gasteiger charge is -1.96. The lowest BCUT2D eigenvalue weighted by atomic mass is 10.3. The van der Waals surface area contributed by atoms with E-state index in [4.69, 9.17) is 0 Å². The van der Waals surface area contributed by atoms with E-state index in [9.17, 15) is 9.90 Å². The van der Waals surface area contributed by atoms with Crippen molar-refractivity contribution in [2.75, 3.05) is 0 Å². The Balaban J connectivity index is 2.43. The average Bonchev–Trinajstić information content (AvgIpc) is 2.68. The molecule has 2 rings (SSSR count). The van der Waals surface area contributed by atoms with Crippen LogP contribution < -0.4 is 5.56 Å². The van der Waals surface area contributed by atoms with E-state index in [0.717, 1.165) is 0 Å². The molecular weight excluding hydrogens is 232 g/mol. The molecule has 3 N–H and O–H groups in total. The highest BCUT2D eigenvalue weighted by molar-refractivity contribution is 7.71. The van der Waals surface area contributed by atoms with E-state index in [2.05, 4.69) is 37.5 Å². The van der Waals surface area contributed by atoms with Gasteiger partial charge in [-0.1, -0.05) is 0 Å². The number of H-pyrrole nitrogens is 2. The van der Waals surface area contributed by atoms with Crippen molar-refractivity contribution < 1.29 is 5.11 Å². The van der Waals surface area contributed by atoms with E-state index in [1.54, 1.807) is 0 Å².